The number of rotatable bonds is 6. The molecule has 0 unspecified atom stereocenters. The SMILES string of the molecule is CCOC(=O)COc1ccc(F)cc1CCN. The largest absolute Gasteiger partial charge is 0.482 e. The highest BCUT2D eigenvalue weighted by Gasteiger charge is 2.08. The van der Waals surface area contributed by atoms with Crippen molar-refractivity contribution in [2.75, 3.05) is 19.8 Å². The molecule has 0 heterocycles. The van der Waals surface area contributed by atoms with E-state index in [4.69, 9.17) is 15.2 Å². The lowest BCUT2D eigenvalue weighted by Crippen LogP contribution is -2.15. The van der Waals surface area contributed by atoms with Crippen molar-refractivity contribution in [1.82, 2.24) is 0 Å². The maximum Gasteiger partial charge on any atom is 0.344 e. The lowest BCUT2D eigenvalue weighted by Gasteiger charge is -2.10. The summed E-state index contributed by atoms with van der Waals surface area (Å²) in [5.74, 6) is -0.336. The third-order valence-electron chi connectivity index (χ3n) is 2.09. The van der Waals surface area contributed by atoms with Crippen molar-refractivity contribution < 1.29 is 18.7 Å². The second-order valence-corrected chi connectivity index (χ2v) is 3.38. The number of ether oxygens (including phenoxy) is 2. The molecule has 17 heavy (non-hydrogen) atoms. The van der Waals surface area contributed by atoms with Crippen LogP contribution in [-0.2, 0) is 16.0 Å². The van der Waals surface area contributed by atoms with Crippen molar-refractivity contribution in [2.24, 2.45) is 5.73 Å². The van der Waals surface area contributed by atoms with Crippen LogP contribution < -0.4 is 10.5 Å². The smallest absolute Gasteiger partial charge is 0.344 e. The summed E-state index contributed by atoms with van der Waals surface area (Å²) in [5.41, 5.74) is 6.06. The average molecular weight is 241 g/mol. The fourth-order valence-electron chi connectivity index (χ4n) is 1.38. The molecule has 0 aliphatic heterocycles. The second-order valence-electron chi connectivity index (χ2n) is 3.38. The number of benzene rings is 1. The first-order chi connectivity index (χ1) is 8.17. The van der Waals surface area contributed by atoms with Crippen molar-refractivity contribution >= 4 is 5.97 Å². The summed E-state index contributed by atoms with van der Waals surface area (Å²) in [5, 5.41) is 0. The van der Waals surface area contributed by atoms with Crippen LogP contribution in [0.15, 0.2) is 18.2 Å². The molecule has 1 aromatic rings. The molecule has 4 nitrogen and oxygen atoms in total. The van der Waals surface area contributed by atoms with Crippen molar-refractivity contribution in [2.45, 2.75) is 13.3 Å². The highest BCUT2D eigenvalue weighted by Crippen LogP contribution is 2.20. The van der Waals surface area contributed by atoms with E-state index in [0.717, 1.165) is 0 Å². The third kappa shape index (κ3) is 4.40. The molecule has 5 heteroatoms. The molecular formula is C12H16FNO3. The van der Waals surface area contributed by atoms with Crippen LogP contribution in [0.4, 0.5) is 4.39 Å². The molecule has 0 bridgehead atoms. The van der Waals surface area contributed by atoms with E-state index in [1.54, 1.807) is 6.92 Å². The minimum atomic E-state index is -0.449. The van der Waals surface area contributed by atoms with Gasteiger partial charge in [0.1, 0.15) is 11.6 Å². The number of halogens is 1. The molecule has 0 aliphatic carbocycles. The Morgan fingerprint density at radius 1 is 1.47 bits per heavy atom. The lowest BCUT2D eigenvalue weighted by atomic mass is 10.1. The van der Waals surface area contributed by atoms with Gasteiger partial charge >= 0.3 is 5.97 Å². The van der Waals surface area contributed by atoms with Crippen LogP contribution in [0.25, 0.3) is 0 Å². The van der Waals surface area contributed by atoms with Gasteiger partial charge in [0.15, 0.2) is 6.61 Å². The van der Waals surface area contributed by atoms with Crippen molar-refractivity contribution in [1.29, 1.82) is 0 Å². The number of hydrogen-bond donors (Lipinski definition) is 1. The van der Waals surface area contributed by atoms with Gasteiger partial charge < -0.3 is 15.2 Å². The first-order valence-electron chi connectivity index (χ1n) is 5.44. The number of esters is 1. The molecule has 94 valence electrons. The Bertz CT molecular complexity index is 382. The predicted molar refractivity (Wildman–Crippen MR) is 61.3 cm³/mol. The molecule has 1 aromatic carbocycles. The fourth-order valence-corrected chi connectivity index (χ4v) is 1.38. The van der Waals surface area contributed by atoms with Crippen LogP contribution in [0.5, 0.6) is 5.75 Å². The summed E-state index contributed by atoms with van der Waals surface area (Å²) in [6.07, 6.45) is 0.496. The molecule has 0 aromatic heterocycles. The van der Waals surface area contributed by atoms with Crippen molar-refractivity contribution in [3.05, 3.63) is 29.6 Å². The number of hydrogen-bond acceptors (Lipinski definition) is 4. The maximum absolute atomic E-state index is 13.0. The predicted octanol–water partition coefficient (Wildman–Crippen LogP) is 1.27. The maximum atomic E-state index is 13.0. The summed E-state index contributed by atoms with van der Waals surface area (Å²) in [6, 6.07) is 4.12. The Hall–Kier alpha value is -1.62. The molecule has 0 radical (unpaired) electrons. The van der Waals surface area contributed by atoms with Gasteiger partial charge in [-0.05, 0) is 43.7 Å². The quantitative estimate of drug-likeness (QED) is 0.762. The van der Waals surface area contributed by atoms with Crippen LogP contribution in [0.3, 0.4) is 0 Å². The summed E-state index contributed by atoms with van der Waals surface area (Å²) in [4.78, 5) is 11.1. The van der Waals surface area contributed by atoms with E-state index < -0.39 is 5.97 Å². The summed E-state index contributed by atoms with van der Waals surface area (Å²) >= 11 is 0. The molecule has 0 aliphatic rings. The van der Waals surface area contributed by atoms with E-state index in [1.165, 1.54) is 18.2 Å². The van der Waals surface area contributed by atoms with Gasteiger partial charge in [0.05, 0.1) is 6.61 Å². The Morgan fingerprint density at radius 3 is 2.88 bits per heavy atom. The van der Waals surface area contributed by atoms with Gasteiger partial charge in [0.25, 0.3) is 0 Å². The van der Waals surface area contributed by atoms with Gasteiger partial charge in [-0.3, -0.25) is 0 Å². The molecule has 0 spiro atoms. The Labute approximate surface area is 99.5 Å². The topological polar surface area (TPSA) is 61.5 Å². The molecule has 0 saturated carbocycles. The molecule has 0 fully saturated rings. The monoisotopic (exact) mass is 241 g/mol. The van der Waals surface area contributed by atoms with Crippen LogP contribution in [0.1, 0.15) is 12.5 Å². The van der Waals surface area contributed by atoms with Crippen LogP contribution in [-0.4, -0.2) is 25.7 Å². The average Bonchev–Trinajstić information content (AvgIpc) is 2.29. The zero-order chi connectivity index (χ0) is 12.7. The van der Waals surface area contributed by atoms with Gasteiger partial charge in [-0.2, -0.15) is 0 Å². The minimum absolute atomic E-state index is 0.183. The minimum Gasteiger partial charge on any atom is -0.482 e. The summed E-state index contributed by atoms with van der Waals surface area (Å²) < 4.78 is 23.0. The van der Waals surface area contributed by atoms with Gasteiger partial charge in [-0.25, -0.2) is 9.18 Å². The van der Waals surface area contributed by atoms with Crippen molar-refractivity contribution in [3.63, 3.8) is 0 Å². The molecular weight excluding hydrogens is 225 g/mol. The Balaban J connectivity index is 2.66. The lowest BCUT2D eigenvalue weighted by molar-refractivity contribution is -0.145. The number of nitrogens with two attached hydrogens (primary N) is 1. The van der Waals surface area contributed by atoms with E-state index >= 15 is 0 Å². The van der Waals surface area contributed by atoms with Gasteiger partial charge in [0, 0.05) is 0 Å². The van der Waals surface area contributed by atoms with Gasteiger partial charge in [-0.1, -0.05) is 0 Å². The molecule has 0 atom stereocenters. The van der Waals surface area contributed by atoms with Crippen LogP contribution in [0, 0.1) is 5.82 Å². The third-order valence-corrected chi connectivity index (χ3v) is 2.09. The highest BCUT2D eigenvalue weighted by molar-refractivity contribution is 5.71. The Kier molecular flexibility index (Phi) is 5.42. The molecule has 0 saturated heterocycles. The van der Waals surface area contributed by atoms with Gasteiger partial charge in [-0.15, -0.1) is 0 Å². The van der Waals surface area contributed by atoms with E-state index in [0.29, 0.717) is 30.9 Å². The first kappa shape index (κ1) is 13.4. The van der Waals surface area contributed by atoms with E-state index in [1.807, 2.05) is 0 Å². The van der Waals surface area contributed by atoms with Crippen molar-refractivity contribution in [3.8, 4) is 5.75 Å². The highest BCUT2D eigenvalue weighted by atomic mass is 19.1. The summed E-state index contributed by atoms with van der Waals surface area (Å²) in [6.45, 7) is 2.23. The van der Waals surface area contributed by atoms with E-state index in [9.17, 15) is 9.18 Å². The zero-order valence-electron chi connectivity index (χ0n) is 9.74. The van der Waals surface area contributed by atoms with Crippen LogP contribution >= 0.6 is 0 Å². The normalized spacial score (nSPS) is 10.1. The summed E-state index contributed by atoms with van der Waals surface area (Å²) in [7, 11) is 0. The zero-order valence-corrected chi connectivity index (χ0v) is 9.74. The molecule has 0 amide bonds. The number of carbonyl (C=O) groups is 1. The van der Waals surface area contributed by atoms with E-state index in [2.05, 4.69) is 0 Å². The van der Waals surface area contributed by atoms with Crippen LogP contribution in [0.2, 0.25) is 0 Å². The van der Waals surface area contributed by atoms with Gasteiger partial charge in [0.2, 0.25) is 0 Å². The second kappa shape index (κ2) is 6.85. The fraction of sp³-hybridized carbons (Fsp3) is 0.417. The standard InChI is InChI=1S/C12H16FNO3/c1-2-16-12(15)8-17-11-4-3-10(13)7-9(11)5-6-14/h3-4,7H,2,5-6,8,14H2,1H3. The van der Waals surface area contributed by atoms with E-state index in [-0.39, 0.29) is 12.4 Å². The number of carbonyl (C=O) groups excluding carboxylic acids is 1. The first-order valence-corrected chi connectivity index (χ1v) is 5.44. The molecule has 1 rings (SSSR count). The molecule has 2 N–H and O–H groups in total. The Morgan fingerprint density at radius 2 is 2.24 bits per heavy atom.